The van der Waals surface area contributed by atoms with Crippen molar-refractivity contribution in [3.8, 4) is 16.9 Å². The minimum atomic E-state index is -1.24. The van der Waals surface area contributed by atoms with Crippen LogP contribution in [0.2, 0.25) is 0 Å². The number of fused-ring (bicyclic) bond motifs is 4. The molecule has 8 heteroatoms. The van der Waals surface area contributed by atoms with E-state index in [4.69, 9.17) is 4.74 Å². The maximum atomic E-state index is 13.2. The van der Waals surface area contributed by atoms with E-state index in [2.05, 4.69) is 10.6 Å². The van der Waals surface area contributed by atoms with Crippen LogP contribution in [0, 0.1) is 0 Å². The maximum absolute atomic E-state index is 13.2. The van der Waals surface area contributed by atoms with Crippen molar-refractivity contribution in [2.45, 2.75) is 11.8 Å². The quantitative estimate of drug-likeness (QED) is 0.599. The number of nitrogens with one attached hydrogen (secondary N) is 2. The normalized spacial score (nSPS) is 19.1. The van der Waals surface area contributed by atoms with Gasteiger partial charge in [-0.2, -0.15) is 0 Å². The van der Waals surface area contributed by atoms with Crippen LogP contribution < -0.4 is 15.4 Å². The van der Waals surface area contributed by atoms with Crippen LogP contribution in [-0.2, 0) is 15.0 Å². The molecule has 0 aliphatic carbocycles. The predicted molar refractivity (Wildman–Crippen MR) is 112 cm³/mol. The van der Waals surface area contributed by atoms with E-state index in [9.17, 15) is 19.5 Å². The highest BCUT2D eigenvalue weighted by Gasteiger charge is 2.55. The lowest BCUT2D eigenvalue weighted by atomic mass is 9.74. The highest BCUT2D eigenvalue weighted by atomic mass is 32.1. The summed E-state index contributed by atoms with van der Waals surface area (Å²) in [6, 6.07) is 14.1. The number of carbonyl (C=O) groups excluding carboxylic acids is 2. The van der Waals surface area contributed by atoms with Gasteiger partial charge >= 0.3 is 5.97 Å². The Kier molecular flexibility index (Phi) is 3.94. The fourth-order valence-corrected chi connectivity index (χ4v) is 5.57. The van der Waals surface area contributed by atoms with Crippen molar-refractivity contribution in [2.75, 3.05) is 17.7 Å². The number of aromatic carboxylic acids is 1. The number of carbonyl (C=O) groups is 3. The Morgan fingerprint density at radius 3 is 2.53 bits per heavy atom. The first-order valence-electron chi connectivity index (χ1n) is 9.21. The van der Waals surface area contributed by atoms with Gasteiger partial charge in [-0.05, 0) is 29.3 Å². The number of anilines is 2. The number of hydrogen-bond acceptors (Lipinski definition) is 5. The molecule has 0 saturated carbocycles. The lowest BCUT2D eigenvalue weighted by Crippen LogP contribution is -2.42. The van der Waals surface area contributed by atoms with Gasteiger partial charge in [0.1, 0.15) is 16.0 Å². The molecule has 3 heterocycles. The molecule has 2 aliphatic heterocycles. The Hall–Kier alpha value is -3.65. The van der Waals surface area contributed by atoms with E-state index >= 15 is 0 Å². The van der Waals surface area contributed by atoms with E-state index < -0.39 is 11.4 Å². The zero-order valence-electron chi connectivity index (χ0n) is 15.8. The molecule has 0 radical (unpaired) electrons. The lowest BCUT2D eigenvalue weighted by Gasteiger charge is -2.31. The maximum Gasteiger partial charge on any atom is 0.346 e. The van der Waals surface area contributed by atoms with Crippen molar-refractivity contribution < 1.29 is 24.2 Å². The summed E-state index contributed by atoms with van der Waals surface area (Å²) in [5, 5.41) is 15.6. The van der Waals surface area contributed by atoms with E-state index in [1.807, 2.05) is 18.2 Å². The summed E-state index contributed by atoms with van der Waals surface area (Å²) in [7, 11) is 1.55. The minimum Gasteiger partial charge on any atom is -0.497 e. The number of benzene rings is 2. The molecule has 0 bridgehead atoms. The van der Waals surface area contributed by atoms with Crippen LogP contribution in [0.4, 0.5) is 11.4 Å². The van der Waals surface area contributed by atoms with Gasteiger partial charge in [0.25, 0.3) is 0 Å². The summed E-state index contributed by atoms with van der Waals surface area (Å²) >= 11 is 1.03. The van der Waals surface area contributed by atoms with Crippen LogP contribution >= 0.6 is 11.3 Å². The number of amides is 2. The second-order valence-electron chi connectivity index (χ2n) is 7.17. The third kappa shape index (κ3) is 2.40. The number of thiophene rings is 1. The summed E-state index contributed by atoms with van der Waals surface area (Å²) in [6.07, 6.45) is -0.0789. The highest BCUT2D eigenvalue weighted by Crippen LogP contribution is 2.56. The monoisotopic (exact) mass is 420 g/mol. The molecule has 1 spiro atoms. The number of ether oxygens (including phenoxy) is 1. The molecule has 3 N–H and O–H groups in total. The Morgan fingerprint density at radius 1 is 1.10 bits per heavy atom. The van der Waals surface area contributed by atoms with E-state index in [0.29, 0.717) is 38.7 Å². The molecule has 3 aromatic rings. The molecule has 0 fully saturated rings. The molecule has 150 valence electrons. The minimum absolute atomic E-state index is 0.0731. The largest absolute Gasteiger partial charge is 0.497 e. The smallest absolute Gasteiger partial charge is 0.346 e. The molecule has 5 rings (SSSR count). The zero-order chi connectivity index (χ0) is 21.0. The molecule has 2 aromatic carbocycles. The Balaban J connectivity index is 1.81. The number of para-hydroxylation sites is 1. The third-order valence-corrected chi connectivity index (χ3v) is 6.92. The number of carboxylic acids is 1. The summed E-state index contributed by atoms with van der Waals surface area (Å²) < 4.78 is 5.19. The van der Waals surface area contributed by atoms with Crippen molar-refractivity contribution in [3.05, 3.63) is 63.8 Å². The fourth-order valence-electron chi connectivity index (χ4n) is 4.26. The second kappa shape index (κ2) is 6.43. The molecule has 2 amide bonds. The first-order chi connectivity index (χ1) is 14.5. The van der Waals surface area contributed by atoms with Crippen LogP contribution in [-0.4, -0.2) is 30.0 Å². The Labute approximate surface area is 175 Å². The molecule has 0 unspecified atom stereocenters. The summed E-state index contributed by atoms with van der Waals surface area (Å²) in [4.78, 5) is 38.7. The van der Waals surface area contributed by atoms with Crippen LogP contribution in [0.3, 0.4) is 0 Å². The number of methoxy groups -OCH3 is 1. The topological polar surface area (TPSA) is 105 Å². The van der Waals surface area contributed by atoms with Crippen molar-refractivity contribution in [3.63, 3.8) is 0 Å². The average Bonchev–Trinajstić information content (AvgIpc) is 3.25. The second-order valence-corrected chi connectivity index (χ2v) is 8.19. The van der Waals surface area contributed by atoms with Crippen molar-refractivity contribution >= 4 is 40.5 Å². The van der Waals surface area contributed by atoms with Gasteiger partial charge in [0, 0.05) is 11.3 Å². The van der Waals surface area contributed by atoms with Gasteiger partial charge in [0.2, 0.25) is 11.8 Å². The van der Waals surface area contributed by atoms with Crippen LogP contribution in [0.1, 0.15) is 26.5 Å². The first kappa shape index (κ1) is 18.4. The van der Waals surface area contributed by atoms with Gasteiger partial charge in [-0.15, -0.1) is 11.3 Å². The van der Waals surface area contributed by atoms with Crippen LogP contribution in [0.25, 0.3) is 11.1 Å². The van der Waals surface area contributed by atoms with Gasteiger partial charge in [-0.25, -0.2) is 4.79 Å². The van der Waals surface area contributed by atoms with Gasteiger partial charge < -0.3 is 20.5 Å². The summed E-state index contributed by atoms with van der Waals surface area (Å²) in [6.45, 7) is 0. The van der Waals surface area contributed by atoms with Crippen molar-refractivity contribution in [1.82, 2.24) is 0 Å². The third-order valence-electron chi connectivity index (χ3n) is 5.58. The fraction of sp³-hybridized carbons (Fsp3) is 0.136. The molecular formula is C22H16N2O5S. The number of carboxylic acid groups (broad SMARTS) is 1. The van der Waals surface area contributed by atoms with E-state index in [-0.39, 0.29) is 23.1 Å². The Morgan fingerprint density at radius 2 is 1.83 bits per heavy atom. The van der Waals surface area contributed by atoms with E-state index in [0.717, 1.165) is 11.3 Å². The summed E-state index contributed by atoms with van der Waals surface area (Å²) in [5.41, 5.74) is 1.48. The van der Waals surface area contributed by atoms with Gasteiger partial charge in [-0.3, -0.25) is 9.59 Å². The van der Waals surface area contributed by atoms with Gasteiger partial charge in [0.05, 0.1) is 24.1 Å². The van der Waals surface area contributed by atoms with Crippen LogP contribution in [0.15, 0.2) is 48.5 Å². The number of hydrogen-bond donors (Lipinski definition) is 3. The standard InChI is InChI=1S/C22H16N2O5S/c1-29-12-8-6-11(7-9-12)16-17-19(30-18(16)20(26)27)22(10-15(25)24-17)13-4-2-3-5-14(13)23-21(22)28/h2-9H,10H2,1H3,(H,23,28)(H,24,25)(H,26,27)/t22-/m0/s1. The average molecular weight is 420 g/mol. The molecule has 7 nitrogen and oxygen atoms in total. The molecule has 1 atom stereocenters. The SMILES string of the molecule is COc1ccc(-c2c(C(=O)O)sc3c2NC(=O)C[C@@]32C(=O)Nc3ccccc32)cc1. The molecule has 2 aliphatic rings. The molecule has 1 aromatic heterocycles. The van der Waals surface area contributed by atoms with Crippen LogP contribution in [0.5, 0.6) is 5.75 Å². The summed E-state index contributed by atoms with van der Waals surface area (Å²) in [5.74, 6) is -1.14. The van der Waals surface area contributed by atoms with Crippen molar-refractivity contribution in [2.24, 2.45) is 0 Å². The van der Waals surface area contributed by atoms with E-state index in [1.54, 1.807) is 37.4 Å². The predicted octanol–water partition coefficient (Wildman–Crippen LogP) is 3.70. The molecular weight excluding hydrogens is 404 g/mol. The molecule has 0 saturated heterocycles. The first-order valence-corrected chi connectivity index (χ1v) is 10.0. The van der Waals surface area contributed by atoms with Gasteiger partial charge in [0.15, 0.2) is 0 Å². The highest BCUT2D eigenvalue weighted by molar-refractivity contribution is 7.15. The lowest BCUT2D eigenvalue weighted by molar-refractivity contribution is -0.125. The molecule has 30 heavy (non-hydrogen) atoms. The van der Waals surface area contributed by atoms with Gasteiger partial charge in [-0.1, -0.05) is 30.3 Å². The Bertz CT molecular complexity index is 1230. The zero-order valence-corrected chi connectivity index (χ0v) is 16.6. The van der Waals surface area contributed by atoms with Crippen molar-refractivity contribution in [1.29, 1.82) is 0 Å². The number of rotatable bonds is 3. The van der Waals surface area contributed by atoms with E-state index in [1.165, 1.54) is 0 Å².